The molecule has 0 heterocycles. The molecule has 0 saturated heterocycles. The number of hydrogen-bond acceptors (Lipinski definition) is 3. The highest BCUT2D eigenvalue weighted by Gasteiger charge is 2.14. The van der Waals surface area contributed by atoms with Crippen molar-refractivity contribution >= 4 is 10.0 Å². The first-order valence-corrected chi connectivity index (χ1v) is 8.31. The first-order valence-electron chi connectivity index (χ1n) is 6.59. The lowest BCUT2D eigenvalue weighted by atomic mass is 9.98. The molecule has 1 aliphatic carbocycles. The minimum atomic E-state index is -3.31. The summed E-state index contributed by atoms with van der Waals surface area (Å²) in [4.78, 5) is 0. The average molecular weight is 263 g/mol. The number of primary sulfonamides is 1. The van der Waals surface area contributed by atoms with Crippen LogP contribution in [0.25, 0.3) is 0 Å². The van der Waals surface area contributed by atoms with E-state index in [2.05, 4.69) is 6.92 Å². The zero-order valence-electron chi connectivity index (χ0n) is 10.7. The van der Waals surface area contributed by atoms with Gasteiger partial charge in [0.2, 0.25) is 10.0 Å². The molecule has 102 valence electrons. The second-order valence-electron chi connectivity index (χ2n) is 5.18. The minimum Gasteiger partial charge on any atom is -0.378 e. The standard InChI is InChI=1S/C12H25NO3S/c1-11(8-10-17(13,14)15)7-9-16-12-5-3-2-4-6-12/h11-12H,2-10H2,1H3,(H2,13,14,15). The van der Waals surface area contributed by atoms with Gasteiger partial charge in [0.15, 0.2) is 0 Å². The zero-order valence-corrected chi connectivity index (χ0v) is 11.5. The minimum absolute atomic E-state index is 0.0809. The Kier molecular flexibility index (Phi) is 6.44. The third kappa shape index (κ3) is 7.73. The van der Waals surface area contributed by atoms with Crippen LogP contribution in [0.3, 0.4) is 0 Å². The molecule has 1 saturated carbocycles. The molecule has 1 atom stereocenters. The van der Waals surface area contributed by atoms with E-state index in [1.54, 1.807) is 0 Å². The Hall–Kier alpha value is -0.130. The lowest BCUT2D eigenvalue weighted by molar-refractivity contribution is 0.0220. The van der Waals surface area contributed by atoms with E-state index in [4.69, 9.17) is 9.88 Å². The normalized spacial score (nSPS) is 20.4. The Morgan fingerprint density at radius 2 is 1.88 bits per heavy atom. The van der Waals surface area contributed by atoms with Crippen LogP contribution in [-0.4, -0.2) is 26.9 Å². The summed E-state index contributed by atoms with van der Waals surface area (Å²) in [6.45, 7) is 2.80. The second-order valence-corrected chi connectivity index (χ2v) is 6.91. The molecule has 17 heavy (non-hydrogen) atoms. The maximum Gasteiger partial charge on any atom is 0.209 e. The van der Waals surface area contributed by atoms with E-state index in [1.165, 1.54) is 32.1 Å². The topological polar surface area (TPSA) is 69.4 Å². The molecule has 0 aromatic heterocycles. The summed E-state index contributed by atoms with van der Waals surface area (Å²) < 4.78 is 27.4. The molecule has 1 fully saturated rings. The Morgan fingerprint density at radius 3 is 2.47 bits per heavy atom. The van der Waals surface area contributed by atoms with Gasteiger partial charge in [-0.25, -0.2) is 13.6 Å². The van der Waals surface area contributed by atoms with Gasteiger partial charge in [-0.3, -0.25) is 0 Å². The van der Waals surface area contributed by atoms with Crippen LogP contribution in [-0.2, 0) is 14.8 Å². The van der Waals surface area contributed by atoms with Crippen molar-refractivity contribution in [1.29, 1.82) is 0 Å². The Balaban J connectivity index is 2.05. The fraction of sp³-hybridized carbons (Fsp3) is 1.00. The first kappa shape index (κ1) is 14.9. The molecular formula is C12H25NO3S. The van der Waals surface area contributed by atoms with Crippen molar-refractivity contribution in [3.63, 3.8) is 0 Å². The summed E-state index contributed by atoms with van der Waals surface area (Å²) in [5.41, 5.74) is 0. The number of ether oxygens (including phenoxy) is 1. The average Bonchev–Trinajstić information content (AvgIpc) is 2.27. The van der Waals surface area contributed by atoms with Crippen molar-refractivity contribution in [3.05, 3.63) is 0 Å². The first-order chi connectivity index (χ1) is 7.97. The molecule has 0 amide bonds. The van der Waals surface area contributed by atoms with Crippen LogP contribution in [0.2, 0.25) is 0 Å². The van der Waals surface area contributed by atoms with Crippen LogP contribution in [0.5, 0.6) is 0 Å². The molecule has 1 aliphatic rings. The van der Waals surface area contributed by atoms with Gasteiger partial charge < -0.3 is 4.74 Å². The predicted octanol–water partition coefficient (Wildman–Crippen LogP) is 2.04. The summed E-state index contributed by atoms with van der Waals surface area (Å²) in [6.07, 6.45) is 8.27. The van der Waals surface area contributed by atoms with E-state index in [0.717, 1.165) is 13.0 Å². The van der Waals surface area contributed by atoms with Gasteiger partial charge in [-0.05, 0) is 31.6 Å². The van der Waals surface area contributed by atoms with Gasteiger partial charge in [0.25, 0.3) is 0 Å². The Labute approximate surface area is 105 Å². The van der Waals surface area contributed by atoms with Crippen molar-refractivity contribution in [2.24, 2.45) is 11.1 Å². The Morgan fingerprint density at radius 1 is 1.24 bits per heavy atom. The number of nitrogens with two attached hydrogens (primary N) is 1. The SMILES string of the molecule is CC(CCOC1CCCCC1)CCS(N)(=O)=O. The van der Waals surface area contributed by atoms with Crippen molar-refractivity contribution in [1.82, 2.24) is 0 Å². The van der Waals surface area contributed by atoms with Gasteiger partial charge in [-0.2, -0.15) is 0 Å². The van der Waals surface area contributed by atoms with Gasteiger partial charge in [-0.1, -0.05) is 26.2 Å². The Bertz CT molecular complexity index is 297. The molecule has 1 unspecified atom stereocenters. The van der Waals surface area contributed by atoms with Crippen molar-refractivity contribution < 1.29 is 13.2 Å². The monoisotopic (exact) mass is 263 g/mol. The highest BCUT2D eigenvalue weighted by molar-refractivity contribution is 7.89. The molecule has 1 rings (SSSR count). The molecular weight excluding hydrogens is 238 g/mol. The summed E-state index contributed by atoms with van der Waals surface area (Å²) in [6, 6.07) is 0. The summed E-state index contributed by atoms with van der Waals surface area (Å²) in [7, 11) is -3.31. The zero-order chi connectivity index (χ0) is 12.7. The van der Waals surface area contributed by atoms with Gasteiger partial charge in [-0.15, -0.1) is 0 Å². The van der Waals surface area contributed by atoms with Crippen molar-refractivity contribution in [3.8, 4) is 0 Å². The smallest absolute Gasteiger partial charge is 0.209 e. The van der Waals surface area contributed by atoms with Gasteiger partial charge in [0.05, 0.1) is 11.9 Å². The fourth-order valence-corrected chi connectivity index (χ4v) is 2.91. The van der Waals surface area contributed by atoms with E-state index < -0.39 is 10.0 Å². The number of rotatable bonds is 7. The summed E-state index contributed by atoms with van der Waals surface area (Å²) in [5.74, 6) is 0.439. The maximum absolute atomic E-state index is 10.8. The molecule has 0 spiro atoms. The molecule has 0 radical (unpaired) electrons. The van der Waals surface area contributed by atoms with Crippen molar-refractivity contribution in [2.45, 2.75) is 58.0 Å². The quantitative estimate of drug-likeness (QED) is 0.764. The number of sulfonamides is 1. The molecule has 0 aliphatic heterocycles. The van der Waals surface area contributed by atoms with Crippen LogP contribution in [0.15, 0.2) is 0 Å². The van der Waals surface area contributed by atoms with Gasteiger partial charge in [0.1, 0.15) is 0 Å². The lowest BCUT2D eigenvalue weighted by Gasteiger charge is -2.22. The highest BCUT2D eigenvalue weighted by atomic mass is 32.2. The summed E-state index contributed by atoms with van der Waals surface area (Å²) in [5, 5.41) is 4.97. The molecule has 2 N–H and O–H groups in total. The molecule has 4 nitrogen and oxygen atoms in total. The number of hydrogen-bond donors (Lipinski definition) is 1. The predicted molar refractivity (Wildman–Crippen MR) is 69.2 cm³/mol. The fourth-order valence-electron chi connectivity index (χ4n) is 2.18. The van der Waals surface area contributed by atoms with E-state index in [0.29, 0.717) is 18.4 Å². The van der Waals surface area contributed by atoms with E-state index in [9.17, 15) is 8.42 Å². The van der Waals surface area contributed by atoms with Gasteiger partial charge in [0, 0.05) is 6.61 Å². The molecule has 5 heteroatoms. The van der Waals surface area contributed by atoms with Gasteiger partial charge >= 0.3 is 0 Å². The third-order valence-corrected chi connectivity index (χ3v) is 4.22. The highest BCUT2D eigenvalue weighted by Crippen LogP contribution is 2.21. The maximum atomic E-state index is 10.8. The van der Waals surface area contributed by atoms with E-state index >= 15 is 0 Å². The van der Waals surface area contributed by atoms with Crippen LogP contribution < -0.4 is 5.14 Å². The second kappa shape index (κ2) is 7.34. The third-order valence-electron chi connectivity index (χ3n) is 3.41. The molecule has 0 aromatic carbocycles. The van der Waals surface area contributed by atoms with Crippen LogP contribution in [0.1, 0.15) is 51.9 Å². The van der Waals surface area contributed by atoms with E-state index in [1.807, 2.05) is 0 Å². The molecule has 0 bridgehead atoms. The lowest BCUT2D eigenvalue weighted by Crippen LogP contribution is -2.20. The largest absolute Gasteiger partial charge is 0.378 e. The van der Waals surface area contributed by atoms with E-state index in [-0.39, 0.29) is 5.75 Å². The van der Waals surface area contributed by atoms with Crippen LogP contribution in [0.4, 0.5) is 0 Å². The van der Waals surface area contributed by atoms with Crippen LogP contribution in [0, 0.1) is 5.92 Å². The summed E-state index contributed by atoms with van der Waals surface area (Å²) >= 11 is 0. The van der Waals surface area contributed by atoms with Crippen molar-refractivity contribution in [2.75, 3.05) is 12.4 Å². The molecule has 0 aromatic rings. The van der Waals surface area contributed by atoms with Crippen LogP contribution >= 0.6 is 0 Å².